The molecule has 0 saturated heterocycles. The molecule has 6 nitrogen and oxygen atoms in total. The molecule has 0 radical (unpaired) electrons. The summed E-state index contributed by atoms with van der Waals surface area (Å²) in [6.07, 6.45) is 3.17. The first-order chi connectivity index (χ1) is 17.8. The summed E-state index contributed by atoms with van der Waals surface area (Å²) >= 11 is 7.48. The molecule has 4 rings (SSSR count). The second-order valence-electron chi connectivity index (χ2n) is 9.33. The van der Waals surface area contributed by atoms with Crippen molar-refractivity contribution in [2.45, 2.75) is 31.3 Å². The number of allylic oxidation sites excluding steroid dienone is 1. The average molecular weight is 530 g/mol. The van der Waals surface area contributed by atoms with Gasteiger partial charge in [-0.25, -0.2) is 5.43 Å². The van der Waals surface area contributed by atoms with Gasteiger partial charge in [-0.2, -0.15) is 5.10 Å². The molecule has 1 N–H and O–H groups in total. The van der Waals surface area contributed by atoms with E-state index < -0.39 is 0 Å². The summed E-state index contributed by atoms with van der Waals surface area (Å²) in [4.78, 5) is 12.4. The number of rotatable bonds is 8. The predicted molar refractivity (Wildman–Crippen MR) is 153 cm³/mol. The Balaban J connectivity index is 1.47. The van der Waals surface area contributed by atoms with Gasteiger partial charge in [0.1, 0.15) is 0 Å². The number of hydrogen-bond donors (Lipinski definition) is 1. The van der Waals surface area contributed by atoms with Crippen molar-refractivity contribution >= 4 is 41.6 Å². The van der Waals surface area contributed by atoms with Crippen LogP contribution in [0.1, 0.15) is 31.9 Å². The molecule has 8 heteroatoms. The molecule has 0 unspecified atom stereocenters. The van der Waals surface area contributed by atoms with Crippen LogP contribution in [0.25, 0.3) is 23.2 Å². The fourth-order valence-corrected chi connectivity index (χ4v) is 4.47. The lowest BCUT2D eigenvalue weighted by Gasteiger charge is -2.19. The number of carbonyl (C=O) groups is 1. The number of hydrazone groups is 1. The Hall–Kier alpha value is -3.68. The maximum atomic E-state index is 12.4. The van der Waals surface area contributed by atoms with E-state index in [9.17, 15) is 4.79 Å². The molecule has 1 aromatic heterocycles. The smallest absolute Gasteiger partial charge is 0.250 e. The van der Waals surface area contributed by atoms with Crippen LogP contribution in [-0.4, -0.2) is 32.6 Å². The van der Waals surface area contributed by atoms with Crippen molar-refractivity contribution in [2.24, 2.45) is 5.10 Å². The maximum absolute atomic E-state index is 12.4. The van der Waals surface area contributed by atoms with Gasteiger partial charge in [-0.1, -0.05) is 117 Å². The van der Waals surface area contributed by atoms with Crippen LogP contribution in [-0.2, 0) is 10.2 Å². The highest BCUT2D eigenvalue weighted by molar-refractivity contribution is 7.99. The third kappa shape index (κ3) is 7.18. The zero-order valence-corrected chi connectivity index (χ0v) is 22.5. The number of halogens is 1. The van der Waals surface area contributed by atoms with Crippen LogP contribution in [0.2, 0.25) is 0 Å². The number of nitrogens with zero attached hydrogens (tertiary/aromatic N) is 4. The molecule has 4 aromatic rings. The molecule has 0 spiro atoms. The number of amides is 1. The van der Waals surface area contributed by atoms with Crippen molar-refractivity contribution in [3.05, 3.63) is 101 Å². The van der Waals surface area contributed by atoms with Crippen molar-refractivity contribution in [3.63, 3.8) is 0 Å². The van der Waals surface area contributed by atoms with E-state index in [1.54, 1.807) is 6.08 Å². The number of benzene rings is 3. The Morgan fingerprint density at radius 1 is 0.973 bits per heavy atom. The Labute approximate surface area is 226 Å². The quantitative estimate of drug-likeness (QED) is 0.156. The molecular weight excluding hydrogens is 502 g/mol. The lowest BCUT2D eigenvalue weighted by Crippen LogP contribution is -2.19. The molecule has 37 heavy (non-hydrogen) atoms. The van der Waals surface area contributed by atoms with Gasteiger partial charge >= 0.3 is 0 Å². The van der Waals surface area contributed by atoms with Crippen LogP contribution < -0.4 is 5.43 Å². The fourth-order valence-electron chi connectivity index (χ4n) is 3.55. The Morgan fingerprint density at radius 3 is 2.27 bits per heavy atom. The SMILES string of the molecule is CC(C)(C)c1ccc(-c2nnc(SCC(=O)NN=CC(Cl)=Cc3ccccc3)n2-c2ccccc2)cc1. The van der Waals surface area contributed by atoms with Crippen molar-refractivity contribution < 1.29 is 4.79 Å². The highest BCUT2D eigenvalue weighted by Gasteiger charge is 2.19. The minimum absolute atomic E-state index is 0.0596. The molecule has 1 amide bonds. The zero-order chi connectivity index (χ0) is 26.3. The van der Waals surface area contributed by atoms with Crippen LogP contribution in [0.15, 0.2) is 100 Å². The summed E-state index contributed by atoms with van der Waals surface area (Å²) in [5.74, 6) is 0.556. The number of carbonyl (C=O) groups excluding carboxylic acids is 1. The number of hydrogen-bond acceptors (Lipinski definition) is 5. The van der Waals surface area contributed by atoms with E-state index in [4.69, 9.17) is 11.6 Å². The van der Waals surface area contributed by atoms with Crippen LogP contribution in [0.4, 0.5) is 0 Å². The van der Waals surface area contributed by atoms with E-state index in [-0.39, 0.29) is 17.1 Å². The Morgan fingerprint density at radius 2 is 1.62 bits per heavy atom. The lowest BCUT2D eigenvalue weighted by molar-refractivity contribution is -0.118. The van der Waals surface area contributed by atoms with Crippen molar-refractivity contribution in [1.29, 1.82) is 0 Å². The number of aromatic nitrogens is 3. The van der Waals surface area contributed by atoms with Gasteiger partial charge in [0.2, 0.25) is 0 Å². The maximum Gasteiger partial charge on any atom is 0.250 e. The van der Waals surface area contributed by atoms with E-state index in [1.165, 1.54) is 23.5 Å². The lowest BCUT2D eigenvalue weighted by atomic mass is 9.87. The molecule has 0 saturated carbocycles. The van der Waals surface area contributed by atoms with Gasteiger partial charge in [-0.15, -0.1) is 10.2 Å². The average Bonchev–Trinajstić information content (AvgIpc) is 3.32. The third-order valence-corrected chi connectivity index (χ3v) is 6.61. The fraction of sp³-hybridized carbons (Fsp3) is 0.172. The summed E-state index contributed by atoms with van der Waals surface area (Å²) in [6, 6.07) is 27.9. The standard InChI is InChI=1S/C29H28ClN5OS/c1-29(2,3)23-16-14-22(15-17-23)27-33-34-28(35(27)25-12-8-5-9-13-25)37-20-26(36)32-31-19-24(30)18-21-10-6-4-7-11-21/h4-19H,20H2,1-3H3,(H,32,36). The van der Waals surface area contributed by atoms with Crippen LogP contribution >= 0.6 is 23.4 Å². The molecular formula is C29H28ClN5OS. The van der Waals surface area contributed by atoms with Crippen LogP contribution in [0.5, 0.6) is 0 Å². The first kappa shape index (κ1) is 26.4. The normalized spacial score (nSPS) is 12.2. The van der Waals surface area contributed by atoms with E-state index in [0.29, 0.717) is 16.0 Å². The molecule has 3 aromatic carbocycles. The largest absolute Gasteiger partial charge is 0.272 e. The summed E-state index contributed by atoms with van der Waals surface area (Å²) in [6.45, 7) is 6.56. The molecule has 0 aliphatic carbocycles. The summed E-state index contributed by atoms with van der Waals surface area (Å²) in [5.41, 5.74) is 6.63. The van der Waals surface area contributed by atoms with E-state index >= 15 is 0 Å². The van der Waals surface area contributed by atoms with Crippen molar-refractivity contribution in [1.82, 2.24) is 20.2 Å². The van der Waals surface area contributed by atoms with Crippen molar-refractivity contribution in [3.8, 4) is 17.1 Å². The second kappa shape index (κ2) is 12.0. The van der Waals surface area contributed by atoms with Gasteiger partial charge in [-0.3, -0.25) is 9.36 Å². The van der Waals surface area contributed by atoms with E-state index in [0.717, 1.165) is 16.8 Å². The topological polar surface area (TPSA) is 72.2 Å². The molecule has 0 aliphatic heterocycles. The van der Waals surface area contributed by atoms with E-state index in [2.05, 4.69) is 65.8 Å². The highest BCUT2D eigenvalue weighted by Crippen LogP contribution is 2.30. The second-order valence-corrected chi connectivity index (χ2v) is 10.7. The van der Waals surface area contributed by atoms with Gasteiger partial charge < -0.3 is 0 Å². The number of para-hydroxylation sites is 1. The molecule has 0 fully saturated rings. The minimum atomic E-state index is -0.274. The zero-order valence-electron chi connectivity index (χ0n) is 20.9. The first-order valence-electron chi connectivity index (χ1n) is 11.8. The predicted octanol–water partition coefficient (Wildman–Crippen LogP) is 6.71. The summed E-state index contributed by atoms with van der Waals surface area (Å²) < 4.78 is 1.97. The minimum Gasteiger partial charge on any atom is -0.272 e. The summed E-state index contributed by atoms with van der Waals surface area (Å²) in [5, 5.41) is 13.8. The van der Waals surface area contributed by atoms with Gasteiger partial charge in [-0.05, 0) is 34.8 Å². The first-order valence-corrected chi connectivity index (χ1v) is 13.2. The molecule has 0 aliphatic rings. The summed E-state index contributed by atoms with van der Waals surface area (Å²) in [7, 11) is 0. The van der Waals surface area contributed by atoms with Crippen molar-refractivity contribution in [2.75, 3.05) is 5.75 Å². The Bertz CT molecular complexity index is 1390. The third-order valence-electron chi connectivity index (χ3n) is 5.47. The highest BCUT2D eigenvalue weighted by atomic mass is 35.5. The number of thioether (sulfide) groups is 1. The molecule has 0 bridgehead atoms. The monoisotopic (exact) mass is 529 g/mol. The van der Waals surface area contributed by atoms with Crippen LogP contribution in [0.3, 0.4) is 0 Å². The Kier molecular flexibility index (Phi) is 8.58. The van der Waals surface area contributed by atoms with E-state index in [1.807, 2.05) is 65.2 Å². The van der Waals surface area contributed by atoms with Gasteiger partial charge in [0.25, 0.3) is 5.91 Å². The van der Waals surface area contributed by atoms with Gasteiger partial charge in [0.15, 0.2) is 11.0 Å². The molecule has 1 heterocycles. The van der Waals surface area contributed by atoms with Gasteiger partial charge in [0, 0.05) is 11.3 Å². The number of nitrogens with one attached hydrogen (secondary N) is 1. The van der Waals surface area contributed by atoms with Gasteiger partial charge in [0.05, 0.1) is 17.0 Å². The molecule has 0 atom stereocenters. The molecule has 188 valence electrons. The van der Waals surface area contributed by atoms with Crippen LogP contribution in [0, 0.1) is 0 Å².